The molecular weight excluding hydrogens is 536 g/mol. The highest BCUT2D eigenvalue weighted by molar-refractivity contribution is 9.10. The first kappa shape index (κ1) is 22.9. The van der Waals surface area contributed by atoms with Gasteiger partial charge in [0.15, 0.2) is 0 Å². The molecule has 0 fully saturated rings. The number of fused-ring (bicyclic) bond motifs is 3. The number of hydrogen-bond acceptors (Lipinski definition) is 3. The zero-order valence-corrected chi connectivity index (χ0v) is 20.1. The first-order valence-corrected chi connectivity index (χ1v) is 11.9. The van der Waals surface area contributed by atoms with Gasteiger partial charge in [-0.15, -0.1) is 11.3 Å². The van der Waals surface area contributed by atoms with Crippen LogP contribution in [0.25, 0.3) is 10.9 Å². The van der Waals surface area contributed by atoms with Gasteiger partial charge in [-0.05, 0) is 70.4 Å². The molecule has 1 aliphatic heterocycles. The zero-order chi connectivity index (χ0) is 24.2. The molecule has 0 saturated heterocycles. The van der Waals surface area contributed by atoms with Gasteiger partial charge in [0, 0.05) is 37.9 Å². The molecule has 0 saturated carbocycles. The minimum Gasteiger partial charge on any atom is -0.497 e. The van der Waals surface area contributed by atoms with E-state index in [0.717, 1.165) is 31.5 Å². The molecule has 1 amide bonds. The lowest BCUT2D eigenvalue weighted by atomic mass is 9.95. The number of thiophene rings is 1. The topological polar surface area (TPSA) is 45.3 Å². The van der Waals surface area contributed by atoms with Crippen molar-refractivity contribution in [1.82, 2.24) is 9.88 Å². The van der Waals surface area contributed by atoms with Crippen LogP contribution >= 0.6 is 27.3 Å². The number of carbonyl (C=O) groups excluding carboxylic acids is 1. The van der Waals surface area contributed by atoms with Crippen LogP contribution in [0.1, 0.15) is 38.1 Å². The number of ether oxygens (including phenoxy) is 1. The summed E-state index contributed by atoms with van der Waals surface area (Å²) in [5.74, 6) is -1.09. The van der Waals surface area contributed by atoms with Crippen molar-refractivity contribution in [3.05, 3.63) is 85.4 Å². The van der Waals surface area contributed by atoms with Crippen LogP contribution < -0.4 is 4.74 Å². The van der Waals surface area contributed by atoms with Crippen LogP contribution in [0.2, 0.25) is 0 Å². The molecule has 2 aromatic carbocycles. The summed E-state index contributed by atoms with van der Waals surface area (Å²) < 4.78 is 60.5. The van der Waals surface area contributed by atoms with Gasteiger partial charge in [-0.2, -0.15) is 13.2 Å². The number of halogens is 5. The second kappa shape index (κ2) is 8.42. The molecule has 0 bridgehead atoms. The predicted octanol–water partition coefficient (Wildman–Crippen LogP) is 6.95. The summed E-state index contributed by atoms with van der Waals surface area (Å²) in [6.07, 6.45) is -4.23. The Hall–Kier alpha value is -2.85. The number of rotatable bonds is 3. The van der Waals surface area contributed by atoms with Crippen LogP contribution in [0.4, 0.5) is 17.6 Å². The number of carbonyl (C=O) groups is 1. The number of nitrogens with zero attached hydrogens (tertiary/aromatic N) is 1. The van der Waals surface area contributed by atoms with Gasteiger partial charge >= 0.3 is 6.18 Å². The molecule has 0 aliphatic carbocycles. The quantitative estimate of drug-likeness (QED) is 0.279. The Labute approximate surface area is 204 Å². The number of aromatic amines is 1. The second-order valence-electron chi connectivity index (χ2n) is 7.94. The number of nitrogens with one attached hydrogen (secondary N) is 1. The van der Waals surface area contributed by atoms with E-state index < -0.39 is 35.1 Å². The summed E-state index contributed by atoms with van der Waals surface area (Å²) in [5.41, 5.74) is 0.937. The van der Waals surface area contributed by atoms with Crippen LogP contribution in [-0.4, -0.2) is 29.4 Å². The molecule has 0 unspecified atom stereocenters. The van der Waals surface area contributed by atoms with Gasteiger partial charge in [-0.3, -0.25) is 4.79 Å². The largest absolute Gasteiger partial charge is 0.497 e. The average Bonchev–Trinajstić information content (AvgIpc) is 3.40. The van der Waals surface area contributed by atoms with E-state index in [4.69, 9.17) is 4.74 Å². The molecule has 0 spiro atoms. The van der Waals surface area contributed by atoms with E-state index in [1.807, 2.05) is 29.6 Å². The Balaban J connectivity index is 1.65. The molecule has 176 valence electrons. The van der Waals surface area contributed by atoms with Crippen LogP contribution in [0.15, 0.2) is 52.3 Å². The molecule has 4 nitrogen and oxygen atoms in total. The fourth-order valence-electron chi connectivity index (χ4n) is 4.40. The molecule has 1 atom stereocenters. The van der Waals surface area contributed by atoms with E-state index in [2.05, 4.69) is 20.9 Å². The molecule has 0 radical (unpaired) electrons. The predicted molar refractivity (Wildman–Crippen MR) is 125 cm³/mol. The van der Waals surface area contributed by atoms with Crippen molar-refractivity contribution in [1.29, 1.82) is 0 Å². The Kier molecular flexibility index (Phi) is 5.68. The highest BCUT2D eigenvalue weighted by Crippen LogP contribution is 2.43. The highest BCUT2D eigenvalue weighted by Gasteiger charge is 2.38. The minimum absolute atomic E-state index is 0.214. The molecule has 10 heteroatoms. The summed E-state index contributed by atoms with van der Waals surface area (Å²) in [5, 5.41) is 2.82. The standard InChI is InChI=1S/C24H17BrF4N2O2S/c1-33-14-3-5-19-16(10-14)15-6-7-31(22(21(15)30-19)20-9-13(25)11-34-20)23(32)17-8-12(24(27,28)29)2-4-18(17)26/h2-5,8-11,22,30H,6-7H2,1H3/t22-/m0/s1. The molecule has 5 rings (SSSR count). The van der Waals surface area contributed by atoms with Gasteiger partial charge in [0.25, 0.3) is 5.91 Å². The minimum atomic E-state index is -4.69. The molecular formula is C24H17BrF4N2O2S. The van der Waals surface area contributed by atoms with Gasteiger partial charge in [-0.1, -0.05) is 0 Å². The van der Waals surface area contributed by atoms with Crippen molar-refractivity contribution in [2.75, 3.05) is 13.7 Å². The SMILES string of the molecule is COc1ccc2[nH]c3c(c2c1)CCN(C(=O)c1cc(C(F)(F)F)ccc1F)[C@H]3c1cc(Br)cs1. The molecule has 4 aromatic rings. The van der Waals surface area contributed by atoms with Crippen molar-refractivity contribution < 1.29 is 27.1 Å². The fourth-order valence-corrected chi connectivity index (χ4v) is 5.97. The number of amides is 1. The van der Waals surface area contributed by atoms with E-state index in [1.54, 1.807) is 7.11 Å². The monoisotopic (exact) mass is 552 g/mol. The first-order chi connectivity index (χ1) is 16.2. The van der Waals surface area contributed by atoms with Gasteiger partial charge in [0.05, 0.1) is 18.2 Å². The second-order valence-corrected chi connectivity index (χ2v) is 9.80. The Morgan fingerprint density at radius 1 is 1.21 bits per heavy atom. The van der Waals surface area contributed by atoms with E-state index in [0.29, 0.717) is 30.4 Å². The molecule has 34 heavy (non-hydrogen) atoms. The third-order valence-corrected chi connectivity index (χ3v) is 7.72. The maximum atomic E-state index is 14.6. The van der Waals surface area contributed by atoms with Gasteiger partial charge in [-0.25, -0.2) is 4.39 Å². The third kappa shape index (κ3) is 3.88. The van der Waals surface area contributed by atoms with Crippen molar-refractivity contribution >= 4 is 44.1 Å². The molecule has 1 aliphatic rings. The summed E-state index contributed by atoms with van der Waals surface area (Å²) in [6.45, 7) is 0.214. The maximum absolute atomic E-state index is 14.6. The van der Waals surface area contributed by atoms with Crippen LogP contribution in [-0.2, 0) is 12.6 Å². The molecule has 1 N–H and O–H groups in total. The van der Waals surface area contributed by atoms with Crippen molar-refractivity contribution in [2.24, 2.45) is 0 Å². The maximum Gasteiger partial charge on any atom is 0.416 e. The number of alkyl halides is 3. The number of H-pyrrole nitrogens is 1. The lowest BCUT2D eigenvalue weighted by Crippen LogP contribution is -2.40. The first-order valence-electron chi connectivity index (χ1n) is 10.3. The summed E-state index contributed by atoms with van der Waals surface area (Å²) in [6, 6.07) is 8.78. The smallest absolute Gasteiger partial charge is 0.416 e. The lowest BCUT2D eigenvalue weighted by molar-refractivity contribution is -0.137. The Morgan fingerprint density at radius 3 is 2.68 bits per heavy atom. The summed E-state index contributed by atoms with van der Waals surface area (Å²) >= 11 is 4.84. The van der Waals surface area contributed by atoms with Crippen LogP contribution in [0.5, 0.6) is 5.75 Å². The van der Waals surface area contributed by atoms with E-state index >= 15 is 0 Å². The lowest BCUT2D eigenvalue weighted by Gasteiger charge is -2.35. The van der Waals surface area contributed by atoms with Gasteiger partial charge in [0.2, 0.25) is 0 Å². The normalized spacial score (nSPS) is 16.1. The van der Waals surface area contributed by atoms with E-state index in [1.165, 1.54) is 16.2 Å². The van der Waals surface area contributed by atoms with Crippen LogP contribution in [0, 0.1) is 5.82 Å². The van der Waals surface area contributed by atoms with Crippen molar-refractivity contribution in [3.8, 4) is 5.75 Å². The number of methoxy groups -OCH3 is 1. The summed E-state index contributed by atoms with van der Waals surface area (Å²) in [4.78, 5) is 19.1. The van der Waals surface area contributed by atoms with Crippen LogP contribution in [0.3, 0.4) is 0 Å². The van der Waals surface area contributed by atoms with Gasteiger partial charge in [0.1, 0.15) is 17.6 Å². The zero-order valence-electron chi connectivity index (χ0n) is 17.7. The third-order valence-electron chi connectivity index (χ3n) is 5.98. The number of benzene rings is 2. The number of aromatic nitrogens is 1. The Morgan fingerprint density at radius 2 is 2.00 bits per heavy atom. The van der Waals surface area contributed by atoms with Gasteiger partial charge < -0.3 is 14.6 Å². The average molecular weight is 553 g/mol. The molecule has 2 aromatic heterocycles. The molecule has 3 heterocycles. The van der Waals surface area contributed by atoms with Crippen molar-refractivity contribution in [2.45, 2.75) is 18.6 Å². The van der Waals surface area contributed by atoms with E-state index in [-0.39, 0.29) is 6.54 Å². The number of hydrogen-bond donors (Lipinski definition) is 1. The Bertz CT molecular complexity index is 1410. The fraction of sp³-hybridized carbons (Fsp3) is 0.208. The summed E-state index contributed by atoms with van der Waals surface area (Å²) in [7, 11) is 1.58. The van der Waals surface area contributed by atoms with E-state index in [9.17, 15) is 22.4 Å². The highest BCUT2D eigenvalue weighted by atomic mass is 79.9. The van der Waals surface area contributed by atoms with Crippen molar-refractivity contribution in [3.63, 3.8) is 0 Å².